The second-order valence-corrected chi connectivity index (χ2v) is 5.24. The summed E-state index contributed by atoms with van der Waals surface area (Å²) < 4.78 is 0. The lowest BCUT2D eigenvalue weighted by Crippen LogP contribution is -2.28. The zero-order valence-electron chi connectivity index (χ0n) is 11.8. The second kappa shape index (κ2) is 8.87. The van der Waals surface area contributed by atoms with Gasteiger partial charge in [0.1, 0.15) is 5.01 Å². The van der Waals surface area contributed by atoms with Gasteiger partial charge in [0, 0.05) is 16.8 Å². The lowest BCUT2D eigenvalue weighted by molar-refractivity contribution is 0.0936. The Kier molecular flexibility index (Phi) is 8.32. The summed E-state index contributed by atoms with van der Waals surface area (Å²) in [5.41, 5.74) is 7.79. The number of aromatic nitrogens is 1. The van der Waals surface area contributed by atoms with Crippen LogP contribution in [0.15, 0.2) is 29.6 Å². The molecule has 1 aromatic heterocycles. The summed E-state index contributed by atoms with van der Waals surface area (Å²) in [6, 6.07) is 7.01. The number of carbonyl (C=O) groups is 1. The van der Waals surface area contributed by atoms with Crippen LogP contribution >= 0.6 is 36.2 Å². The van der Waals surface area contributed by atoms with Crippen molar-refractivity contribution < 1.29 is 4.79 Å². The number of rotatable bonds is 4. The molecule has 0 aliphatic rings. The van der Waals surface area contributed by atoms with Crippen molar-refractivity contribution in [2.45, 2.75) is 26.3 Å². The molecule has 2 aromatic rings. The van der Waals surface area contributed by atoms with Gasteiger partial charge in [-0.1, -0.05) is 19.1 Å². The molecule has 4 nitrogen and oxygen atoms in total. The normalized spacial score (nSPS) is 11.0. The fourth-order valence-electron chi connectivity index (χ4n) is 1.81. The molecule has 2 rings (SSSR count). The molecule has 0 radical (unpaired) electrons. The number of nitrogen functional groups attached to an aromatic ring is 1. The number of nitrogens with two attached hydrogens (primary N) is 1. The van der Waals surface area contributed by atoms with Gasteiger partial charge >= 0.3 is 0 Å². The summed E-state index contributed by atoms with van der Waals surface area (Å²) in [4.78, 5) is 16.6. The van der Waals surface area contributed by atoms with Gasteiger partial charge in [-0.3, -0.25) is 4.79 Å². The number of nitrogens with zero attached hydrogens (tertiary/aromatic N) is 1. The smallest absolute Gasteiger partial charge is 0.253 e. The van der Waals surface area contributed by atoms with Crippen LogP contribution in [0, 0.1) is 6.92 Å². The van der Waals surface area contributed by atoms with Crippen molar-refractivity contribution in [3.63, 3.8) is 0 Å². The number of thiazole rings is 1. The standard InChI is InChI=1S/C14H17N3OS.2ClH/c1-3-12(14-16-9(2)8-19-14)17-13(18)10-6-4-5-7-11(10)15;;/h4-8,12H,3,15H2,1-2H3,(H,17,18);2*1H. The van der Waals surface area contributed by atoms with Crippen molar-refractivity contribution in [1.82, 2.24) is 10.3 Å². The van der Waals surface area contributed by atoms with Crippen molar-refractivity contribution in [2.24, 2.45) is 0 Å². The van der Waals surface area contributed by atoms with E-state index in [1.54, 1.807) is 29.5 Å². The van der Waals surface area contributed by atoms with Gasteiger partial charge in [-0.15, -0.1) is 36.2 Å². The fourth-order valence-corrected chi connectivity index (χ4v) is 2.74. The number of amides is 1. The van der Waals surface area contributed by atoms with E-state index in [1.807, 2.05) is 25.3 Å². The lowest BCUT2D eigenvalue weighted by Gasteiger charge is -2.15. The van der Waals surface area contributed by atoms with Gasteiger partial charge in [0.2, 0.25) is 0 Å². The number of hydrogen-bond donors (Lipinski definition) is 2. The zero-order valence-corrected chi connectivity index (χ0v) is 14.3. The maximum absolute atomic E-state index is 12.2. The van der Waals surface area contributed by atoms with E-state index in [2.05, 4.69) is 10.3 Å². The minimum atomic E-state index is -0.155. The van der Waals surface area contributed by atoms with Gasteiger partial charge in [0.25, 0.3) is 5.91 Å². The molecule has 1 amide bonds. The first-order valence-electron chi connectivity index (χ1n) is 6.19. The van der Waals surface area contributed by atoms with Crippen LogP contribution in [-0.2, 0) is 0 Å². The van der Waals surface area contributed by atoms with Crippen LogP contribution in [-0.4, -0.2) is 10.9 Å². The Morgan fingerprint density at radius 2 is 2.05 bits per heavy atom. The summed E-state index contributed by atoms with van der Waals surface area (Å²) in [7, 11) is 0. The van der Waals surface area contributed by atoms with E-state index in [0.29, 0.717) is 11.3 Å². The average molecular weight is 348 g/mol. The lowest BCUT2D eigenvalue weighted by atomic mass is 10.1. The van der Waals surface area contributed by atoms with Crippen LogP contribution in [0.5, 0.6) is 0 Å². The molecule has 116 valence electrons. The Hall–Kier alpha value is -1.30. The third-order valence-electron chi connectivity index (χ3n) is 2.85. The van der Waals surface area contributed by atoms with Crippen LogP contribution in [0.3, 0.4) is 0 Å². The molecule has 1 aromatic carbocycles. The Morgan fingerprint density at radius 1 is 1.38 bits per heavy atom. The third-order valence-corrected chi connectivity index (χ3v) is 3.93. The molecule has 0 fully saturated rings. The van der Waals surface area contributed by atoms with Gasteiger partial charge < -0.3 is 11.1 Å². The van der Waals surface area contributed by atoms with Crippen molar-refractivity contribution in [3.05, 3.63) is 45.9 Å². The van der Waals surface area contributed by atoms with E-state index in [0.717, 1.165) is 17.1 Å². The molecule has 0 spiro atoms. The maximum Gasteiger partial charge on any atom is 0.253 e. The topological polar surface area (TPSA) is 68.0 Å². The molecule has 7 heteroatoms. The molecule has 3 N–H and O–H groups in total. The van der Waals surface area contributed by atoms with E-state index in [9.17, 15) is 4.79 Å². The molecular weight excluding hydrogens is 329 g/mol. The Morgan fingerprint density at radius 3 is 2.57 bits per heavy atom. The minimum Gasteiger partial charge on any atom is -0.398 e. The van der Waals surface area contributed by atoms with Crippen LogP contribution in [0.1, 0.15) is 40.4 Å². The Bertz CT molecular complexity index is 589. The number of benzene rings is 1. The molecule has 1 heterocycles. The van der Waals surface area contributed by atoms with Gasteiger partial charge in [0.05, 0.1) is 11.6 Å². The highest BCUT2D eigenvalue weighted by Crippen LogP contribution is 2.22. The SMILES string of the molecule is CCC(NC(=O)c1ccccc1N)c1nc(C)cs1.Cl.Cl. The predicted molar refractivity (Wildman–Crippen MR) is 92.7 cm³/mol. The fraction of sp³-hybridized carbons (Fsp3) is 0.286. The number of carbonyl (C=O) groups excluding carboxylic acids is 1. The van der Waals surface area contributed by atoms with Gasteiger partial charge in [-0.2, -0.15) is 0 Å². The van der Waals surface area contributed by atoms with Gasteiger partial charge in [-0.25, -0.2) is 4.98 Å². The third kappa shape index (κ3) is 4.88. The number of hydrogen-bond acceptors (Lipinski definition) is 4. The molecule has 0 aliphatic carbocycles. The average Bonchev–Trinajstić information content (AvgIpc) is 2.82. The Labute approximate surface area is 141 Å². The summed E-state index contributed by atoms with van der Waals surface area (Å²) in [5, 5.41) is 5.90. The molecule has 0 saturated heterocycles. The zero-order chi connectivity index (χ0) is 13.8. The molecular formula is C14H19Cl2N3OS. The van der Waals surface area contributed by atoms with Gasteiger partial charge in [0.15, 0.2) is 0 Å². The van der Waals surface area contributed by atoms with Gasteiger partial charge in [-0.05, 0) is 25.5 Å². The monoisotopic (exact) mass is 347 g/mol. The predicted octanol–water partition coefficient (Wildman–Crippen LogP) is 3.76. The summed E-state index contributed by atoms with van der Waals surface area (Å²) in [6.45, 7) is 3.97. The summed E-state index contributed by atoms with van der Waals surface area (Å²) in [6.07, 6.45) is 0.797. The number of para-hydroxylation sites is 1. The first kappa shape index (κ1) is 19.7. The Balaban J connectivity index is 0.00000200. The van der Waals surface area contributed by atoms with Crippen LogP contribution in [0.4, 0.5) is 5.69 Å². The van der Waals surface area contributed by atoms with Crippen LogP contribution in [0.25, 0.3) is 0 Å². The van der Waals surface area contributed by atoms with E-state index >= 15 is 0 Å². The van der Waals surface area contributed by atoms with E-state index in [4.69, 9.17) is 5.73 Å². The molecule has 0 aliphatic heterocycles. The highest BCUT2D eigenvalue weighted by Gasteiger charge is 2.17. The highest BCUT2D eigenvalue weighted by atomic mass is 35.5. The highest BCUT2D eigenvalue weighted by molar-refractivity contribution is 7.09. The van der Waals surface area contributed by atoms with Crippen molar-refractivity contribution in [2.75, 3.05) is 5.73 Å². The number of halogens is 2. The first-order valence-corrected chi connectivity index (χ1v) is 7.07. The molecule has 1 unspecified atom stereocenters. The van der Waals surface area contributed by atoms with Crippen LogP contribution < -0.4 is 11.1 Å². The van der Waals surface area contributed by atoms with Crippen molar-refractivity contribution in [1.29, 1.82) is 0 Å². The summed E-state index contributed by atoms with van der Waals surface area (Å²) >= 11 is 1.57. The van der Waals surface area contributed by atoms with E-state index in [-0.39, 0.29) is 36.8 Å². The maximum atomic E-state index is 12.2. The summed E-state index contributed by atoms with van der Waals surface area (Å²) in [5.74, 6) is -0.155. The molecule has 0 saturated carbocycles. The largest absolute Gasteiger partial charge is 0.398 e. The number of nitrogens with one attached hydrogen (secondary N) is 1. The quantitative estimate of drug-likeness (QED) is 0.827. The van der Waals surface area contributed by atoms with Crippen molar-refractivity contribution >= 4 is 47.7 Å². The molecule has 21 heavy (non-hydrogen) atoms. The van der Waals surface area contributed by atoms with E-state index < -0.39 is 0 Å². The molecule has 0 bridgehead atoms. The molecule has 1 atom stereocenters. The first-order chi connectivity index (χ1) is 9.11. The minimum absolute atomic E-state index is 0. The number of anilines is 1. The van der Waals surface area contributed by atoms with Crippen molar-refractivity contribution in [3.8, 4) is 0 Å². The van der Waals surface area contributed by atoms with E-state index in [1.165, 1.54) is 0 Å². The second-order valence-electron chi connectivity index (χ2n) is 4.35. The number of aryl methyl sites for hydroxylation is 1. The van der Waals surface area contributed by atoms with Crippen LogP contribution in [0.2, 0.25) is 0 Å².